The molecule has 3 aliphatic heterocycles. The molecule has 47 heavy (non-hydrogen) atoms. The Balaban J connectivity index is 1.13. The molecule has 9 nitrogen and oxygen atoms in total. The van der Waals surface area contributed by atoms with Crippen LogP contribution in [0.15, 0.2) is 36.4 Å². The Kier molecular flexibility index (Phi) is 10.6. The number of likely N-dealkylation sites (tertiary alicyclic amines) is 1. The van der Waals surface area contributed by atoms with Gasteiger partial charge in [-0.1, -0.05) is 20.8 Å². The summed E-state index contributed by atoms with van der Waals surface area (Å²) in [6, 6.07) is 11.9. The molecule has 1 aliphatic carbocycles. The van der Waals surface area contributed by atoms with Crippen molar-refractivity contribution in [3.05, 3.63) is 53.1 Å². The Morgan fingerprint density at radius 1 is 0.766 bits per heavy atom. The van der Waals surface area contributed by atoms with E-state index in [1.807, 2.05) is 29.2 Å². The first kappa shape index (κ1) is 33.6. The van der Waals surface area contributed by atoms with Crippen molar-refractivity contribution in [3.8, 4) is 11.5 Å². The van der Waals surface area contributed by atoms with Gasteiger partial charge in [0.15, 0.2) is 0 Å². The summed E-state index contributed by atoms with van der Waals surface area (Å²) >= 11 is 0. The number of carbonyl (C=O) groups is 2. The van der Waals surface area contributed by atoms with E-state index < -0.39 is 5.97 Å². The number of anilines is 1. The Morgan fingerprint density at radius 3 is 2.15 bits per heavy atom. The van der Waals surface area contributed by atoms with E-state index in [-0.39, 0.29) is 18.1 Å². The minimum Gasteiger partial charge on any atom is -0.489 e. The SMILES string of the molecule is COC(=O)c1ccc(N2CCNCC2)cc1OC1CCN(C(=O)c2ccc(O[C@H]3CCNC3)c(C3CCC(C(C)(C)C)CC3)c2)CC1. The van der Waals surface area contributed by atoms with E-state index >= 15 is 0 Å². The number of methoxy groups -OCH3 is 1. The van der Waals surface area contributed by atoms with Crippen LogP contribution in [-0.2, 0) is 4.74 Å². The van der Waals surface area contributed by atoms with Gasteiger partial charge in [0, 0.05) is 76.0 Å². The van der Waals surface area contributed by atoms with E-state index in [0.29, 0.717) is 48.6 Å². The van der Waals surface area contributed by atoms with Crippen LogP contribution >= 0.6 is 0 Å². The number of piperazine rings is 1. The van der Waals surface area contributed by atoms with Crippen molar-refractivity contribution in [3.63, 3.8) is 0 Å². The van der Waals surface area contributed by atoms with Crippen LogP contribution in [-0.4, -0.2) is 88.5 Å². The lowest BCUT2D eigenvalue weighted by atomic mass is 9.68. The van der Waals surface area contributed by atoms with Crippen molar-refractivity contribution in [1.82, 2.24) is 15.5 Å². The molecule has 2 aromatic carbocycles. The summed E-state index contributed by atoms with van der Waals surface area (Å²) in [5.41, 5.74) is 3.74. The zero-order valence-corrected chi connectivity index (χ0v) is 28.8. The fraction of sp³-hybridized carbons (Fsp3) is 0.632. The number of hydrogen-bond acceptors (Lipinski definition) is 8. The molecule has 0 spiro atoms. The number of benzene rings is 2. The van der Waals surface area contributed by atoms with Crippen molar-refractivity contribution < 1.29 is 23.8 Å². The molecule has 4 fully saturated rings. The van der Waals surface area contributed by atoms with E-state index in [1.165, 1.54) is 25.5 Å². The van der Waals surface area contributed by atoms with Crippen LogP contribution in [0.2, 0.25) is 0 Å². The Hall–Kier alpha value is -3.30. The van der Waals surface area contributed by atoms with Crippen molar-refractivity contribution in [2.45, 2.75) is 83.8 Å². The molecular weight excluding hydrogens is 592 g/mol. The number of nitrogens with zero attached hydrogens (tertiary/aromatic N) is 2. The van der Waals surface area contributed by atoms with Gasteiger partial charge >= 0.3 is 5.97 Å². The summed E-state index contributed by atoms with van der Waals surface area (Å²) in [5.74, 6) is 2.30. The smallest absolute Gasteiger partial charge is 0.341 e. The Bertz CT molecular complexity index is 1380. The standard InChI is InChI=1S/C38H54N4O5/c1-38(2,3)28-8-5-26(6-9-28)33-23-27(7-12-34(33)47-31-13-16-40-25-31)36(43)42-19-14-30(15-20-42)46-35-24-29(41-21-17-39-18-22-41)10-11-32(35)37(44)45-4/h7,10-12,23-24,26,28,30-31,39-40H,5-6,8-9,13-22,25H2,1-4H3/t26?,28?,31-/m0/s1. The molecule has 0 aromatic heterocycles. The molecule has 0 unspecified atom stereocenters. The van der Waals surface area contributed by atoms with Gasteiger partial charge in [-0.3, -0.25) is 4.79 Å². The van der Waals surface area contributed by atoms with E-state index in [4.69, 9.17) is 14.2 Å². The van der Waals surface area contributed by atoms with E-state index in [0.717, 1.165) is 81.4 Å². The Morgan fingerprint density at radius 2 is 1.49 bits per heavy atom. The third kappa shape index (κ3) is 8.06. The van der Waals surface area contributed by atoms with Crippen LogP contribution in [0.3, 0.4) is 0 Å². The zero-order valence-electron chi connectivity index (χ0n) is 28.8. The predicted octanol–water partition coefficient (Wildman–Crippen LogP) is 5.63. The third-order valence-electron chi connectivity index (χ3n) is 10.8. The molecule has 4 aliphatic rings. The highest BCUT2D eigenvalue weighted by Gasteiger charge is 2.33. The minimum atomic E-state index is -0.404. The Labute approximate surface area is 280 Å². The van der Waals surface area contributed by atoms with E-state index in [2.05, 4.69) is 42.4 Å². The summed E-state index contributed by atoms with van der Waals surface area (Å²) in [6.45, 7) is 13.8. The maximum absolute atomic E-state index is 13.9. The molecule has 256 valence electrons. The maximum atomic E-state index is 13.9. The number of hydrogen-bond donors (Lipinski definition) is 2. The van der Waals surface area contributed by atoms with Crippen molar-refractivity contribution in [1.29, 1.82) is 0 Å². The molecule has 1 amide bonds. The molecule has 3 saturated heterocycles. The average Bonchev–Trinajstić information content (AvgIpc) is 3.61. The van der Waals surface area contributed by atoms with Gasteiger partial charge in [0.2, 0.25) is 0 Å². The van der Waals surface area contributed by atoms with Crippen LogP contribution in [0.1, 0.15) is 97.9 Å². The van der Waals surface area contributed by atoms with Crippen LogP contribution in [0.4, 0.5) is 5.69 Å². The molecule has 1 saturated carbocycles. The average molecular weight is 647 g/mol. The van der Waals surface area contributed by atoms with Crippen molar-refractivity contribution in [2.24, 2.45) is 11.3 Å². The lowest BCUT2D eigenvalue weighted by Crippen LogP contribution is -2.43. The van der Waals surface area contributed by atoms with Gasteiger partial charge in [0.05, 0.1) is 7.11 Å². The number of ether oxygens (including phenoxy) is 3. The molecule has 9 heteroatoms. The van der Waals surface area contributed by atoms with Crippen LogP contribution in [0, 0.1) is 11.3 Å². The highest BCUT2D eigenvalue weighted by molar-refractivity contribution is 5.95. The van der Waals surface area contributed by atoms with Gasteiger partial charge in [0.25, 0.3) is 5.91 Å². The van der Waals surface area contributed by atoms with Gasteiger partial charge in [-0.05, 0) is 91.8 Å². The summed E-state index contributed by atoms with van der Waals surface area (Å²) in [5, 5.41) is 6.79. The van der Waals surface area contributed by atoms with Gasteiger partial charge in [-0.15, -0.1) is 0 Å². The number of piperidine rings is 1. The summed E-state index contributed by atoms with van der Waals surface area (Å²) < 4.78 is 18.1. The van der Waals surface area contributed by atoms with Crippen LogP contribution < -0.4 is 25.0 Å². The summed E-state index contributed by atoms with van der Waals surface area (Å²) in [6.07, 6.45) is 7.17. The molecule has 3 heterocycles. The second kappa shape index (κ2) is 14.9. The number of carbonyl (C=O) groups excluding carboxylic acids is 2. The van der Waals surface area contributed by atoms with Gasteiger partial charge in [-0.2, -0.15) is 0 Å². The zero-order chi connectivity index (χ0) is 33.0. The molecule has 0 radical (unpaired) electrons. The largest absolute Gasteiger partial charge is 0.489 e. The summed E-state index contributed by atoms with van der Waals surface area (Å²) in [7, 11) is 1.40. The molecular formula is C38H54N4O5. The monoisotopic (exact) mass is 646 g/mol. The molecule has 2 N–H and O–H groups in total. The van der Waals surface area contributed by atoms with Crippen LogP contribution in [0.5, 0.6) is 11.5 Å². The number of nitrogens with one attached hydrogen (secondary N) is 2. The fourth-order valence-electron chi connectivity index (χ4n) is 7.83. The second-order valence-corrected chi connectivity index (χ2v) is 14.9. The van der Waals surface area contributed by atoms with Gasteiger partial charge in [0.1, 0.15) is 29.3 Å². The first-order valence-corrected chi connectivity index (χ1v) is 17.8. The fourth-order valence-corrected chi connectivity index (χ4v) is 7.83. The molecule has 0 bridgehead atoms. The number of amides is 1. The first-order chi connectivity index (χ1) is 22.7. The lowest BCUT2D eigenvalue weighted by molar-refractivity contribution is 0.0563. The number of esters is 1. The molecule has 1 atom stereocenters. The minimum absolute atomic E-state index is 0.0677. The second-order valence-electron chi connectivity index (χ2n) is 14.9. The van der Waals surface area contributed by atoms with Gasteiger partial charge < -0.3 is 34.6 Å². The number of rotatable bonds is 8. The predicted molar refractivity (Wildman–Crippen MR) is 185 cm³/mol. The lowest BCUT2D eigenvalue weighted by Gasteiger charge is -2.37. The normalized spacial score (nSPS) is 24.2. The molecule has 6 rings (SSSR count). The highest BCUT2D eigenvalue weighted by Crippen LogP contribution is 2.45. The van der Waals surface area contributed by atoms with Gasteiger partial charge in [-0.25, -0.2) is 4.79 Å². The summed E-state index contributed by atoms with van der Waals surface area (Å²) in [4.78, 5) is 30.8. The van der Waals surface area contributed by atoms with E-state index in [1.54, 1.807) is 6.07 Å². The molecule has 2 aromatic rings. The topological polar surface area (TPSA) is 92.4 Å². The third-order valence-corrected chi connectivity index (χ3v) is 10.8. The first-order valence-electron chi connectivity index (χ1n) is 17.8. The van der Waals surface area contributed by atoms with Crippen molar-refractivity contribution >= 4 is 17.6 Å². The maximum Gasteiger partial charge on any atom is 0.341 e. The van der Waals surface area contributed by atoms with E-state index in [9.17, 15) is 9.59 Å². The quantitative estimate of drug-likeness (QED) is 0.357. The van der Waals surface area contributed by atoms with Crippen LogP contribution in [0.25, 0.3) is 0 Å². The highest BCUT2D eigenvalue weighted by atomic mass is 16.5. The van der Waals surface area contributed by atoms with Crippen molar-refractivity contribution in [2.75, 3.05) is 64.4 Å².